The maximum Gasteiger partial charge on any atom is 0.347 e. The normalized spacial score (nSPS) is 11.9. The summed E-state index contributed by atoms with van der Waals surface area (Å²) < 4.78 is 9.43. The van der Waals surface area contributed by atoms with E-state index in [0.717, 1.165) is 0 Å². The number of carbonyl (C=O) groups excluding carboxylic acids is 2. The summed E-state index contributed by atoms with van der Waals surface area (Å²) >= 11 is 0. The molecule has 0 N–H and O–H groups in total. The molecule has 4 nitrogen and oxygen atoms in total. The minimum atomic E-state index is -0.852. The molecule has 1 unspecified atom stereocenters. The van der Waals surface area contributed by atoms with E-state index in [9.17, 15) is 9.59 Å². The molecular weight excluding hydrogens is 196 g/mol. The van der Waals surface area contributed by atoms with Gasteiger partial charge in [0.25, 0.3) is 0 Å². The lowest BCUT2D eigenvalue weighted by molar-refractivity contribution is -0.166. The van der Waals surface area contributed by atoms with Crippen molar-refractivity contribution < 1.29 is 19.1 Å². The van der Waals surface area contributed by atoms with E-state index in [4.69, 9.17) is 4.74 Å². The van der Waals surface area contributed by atoms with Gasteiger partial charge in [-0.25, -0.2) is 4.79 Å². The molecule has 0 aliphatic rings. The van der Waals surface area contributed by atoms with Crippen molar-refractivity contribution in [3.8, 4) is 0 Å². The van der Waals surface area contributed by atoms with Crippen molar-refractivity contribution in [1.29, 1.82) is 0 Å². The predicted octanol–water partition coefficient (Wildman–Crippen LogP) is 1.46. The summed E-state index contributed by atoms with van der Waals surface area (Å²) in [6.45, 7) is 1.18. The molecule has 0 saturated carbocycles. The SMILES string of the molecule is COC(C(=O)OC(C)=O)c1ccccc1. The Labute approximate surface area is 87.8 Å². The van der Waals surface area contributed by atoms with Gasteiger partial charge in [-0.1, -0.05) is 30.3 Å². The Kier molecular flexibility index (Phi) is 4.00. The van der Waals surface area contributed by atoms with Crippen LogP contribution in [-0.2, 0) is 19.1 Å². The van der Waals surface area contributed by atoms with Crippen LogP contribution in [0.2, 0.25) is 0 Å². The van der Waals surface area contributed by atoms with Gasteiger partial charge in [-0.15, -0.1) is 0 Å². The number of hydrogen-bond acceptors (Lipinski definition) is 4. The maximum absolute atomic E-state index is 11.4. The highest BCUT2D eigenvalue weighted by Crippen LogP contribution is 2.17. The quantitative estimate of drug-likeness (QED) is 0.557. The third-order valence-electron chi connectivity index (χ3n) is 1.80. The first kappa shape index (κ1) is 11.4. The fourth-order valence-electron chi connectivity index (χ4n) is 1.19. The number of hydrogen-bond donors (Lipinski definition) is 0. The molecule has 0 aliphatic heterocycles. The summed E-state index contributed by atoms with van der Waals surface area (Å²) in [6.07, 6.45) is -0.852. The van der Waals surface area contributed by atoms with Gasteiger partial charge in [-0.2, -0.15) is 0 Å². The van der Waals surface area contributed by atoms with Crippen LogP contribution in [0.4, 0.5) is 0 Å². The van der Waals surface area contributed by atoms with Crippen LogP contribution in [0.5, 0.6) is 0 Å². The molecule has 0 fully saturated rings. The first-order valence-electron chi connectivity index (χ1n) is 4.45. The van der Waals surface area contributed by atoms with Crippen LogP contribution in [0.15, 0.2) is 30.3 Å². The van der Waals surface area contributed by atoms with Crippen LogP contribution < -0.4 is 0 Å². The van der Waals surface area contributed by atoms with Crippen molar-refractivity contribution in [2.75, 3.05) is 7.11 Å². The van der Waals surface area contributed by atoms with Gasteiger partial charge in [0, 0.05) is 14.0 Å². The van der Waals surface area contributed by atoms with Gasteiger partial charge in [-0.3, -0.25) is 4.79 Å². The summed E-state index contributed by atoms with van der Waals surface area (Å²) in [6, 6.07) is 8.85. The second kappa shape index (κ2) is 5.26. The van der Waals surface area contributed by atoms with Crippen LogP contribution in [0.1, 0.15) is 18.6 Å². The van der Waals surface area contributed by atoms with E-state index in [-0.39, 0.29) is 0 Å². The van der Waals surface area contributed by atoms with E-state index < -0.39 is 18.0 Å². The summed E-state index contributed by atoms with van der Waals surface area (Å²) in [5, 5.41) is 0. The molecule has 1 atom stereocenters. The van der Waals surface area contributed by atoms with E-state index in [1.165, 1.54) is 14.0 Å². The van der Waals surface area contributed by atoms with Gasteiger partial charge in [0.1, 0.15) is 0 Å². The lowest BCUT2D eigenvalue weighted by Gasteiger charge is -2.12. The van der Waals surface area contributed by atoms with Gasteiger partial charge >= 0.3 is 11.9 Å². The van der Waals surface area contributed by atoms with E-state index in [0.29, 0.717) is 5.56 Å². The fourth-order valence-corrected chi connectivity index (χ4v) is 1.19. The summed E-state index contributed by atoms with van der Waals surface area (Å²) in [5.74, 6) is -1.34. The number of esters is 2. The number of ether oxygens (including phenoxy) is 2. The molecule has 0 radical (unpaired) electrons. The lowest BCUT2D eigenvalue weighted by atomic mass is 10.1. The minimum absolute atomic E-state index is 0.641. The molecule has 4 heteroatoms. The monoisotopic (exact) mass is 208 g/mol. The van der Waals surface area contributed by atoms with Crippen LogP contribution in [0.3, 0.4) is 0 Å². The highest BCUT2D eigenvalue weighted by atomic mass is 16.6. The minimum Gasteiger partial charge on any atom is -0.391 e. The van der Waals surface area contributed by atoms with Gasteiger partial charge in [0.05, 0.1) is 0 Å². The van der Waals surface area contributed by atoms with Crippen molar-refractivity contribution in [2.24, 2.45) is 0 Å². The second-order valence-corrected chi connectivity index (χ2v) is 2.94. The third kappa shape index (κ3) is 3.18. The zero-order valence-electron chi connectivity index (χ0n) is 8.60. The summed E-state index contributed by atoms with van der Waals surface area (Å²) in [4.78, 5) is 22.0. The first-order chi connectivity index (χ1) is 7.15. The van der Waals surface area contributed by atoms with E-state index in [2.05, 4.69) is 4.74 Å². The number of benzene rings is 1. The largest absolute Gasteiger partial charge is 0.391 e. The average molecular weight is 208 g/mol. The number of carbonyl (C=O) groups is 2. The van der Waals surface area contributed by atoms with Gasteiger partial charge in [0.2, 0.25) is 0 Å². The molecule has 0 saturated heterocycles. The smallest absolute Gasteiger partial charge is 0.347 e. The Bertz CT molecular complexity index is 345. The van der Waals surface area contributed by atoms with Crippen LogP contribution >= 0.6 is 0 Å². The highest BCUT2D eigenvalue weighted by Gasteiger charge is 2.22. The maximum atomic E-state index is 11.4. The molecule has 0 spiro atoms. The first-order valence-corrected chi connectivity index (χ1v) is 4.45. The molecule has 1 aromatic rings. The highest BCUT2D eigenvalue weighted by molar-refractivity contribution is 5.87. The molecule has 15 heavy (non-hydrogen) atoms. The lowest BCUT2D eigenvalue weighted by Crippen LogP contribution is -2.19. The molecule has 0 amide bonds. The van der Waals surface area contributed by atoms with E-state index in [1.807, 2.05) is 6.07 Å². The van der Waals surface area contributed by atoms with Gasteiger partial charge < -0.3 is 9.47 Å². The van der Waals surface area contributed by atoms with Crippen molar-refractivity contribution >= 4 is 11.9 Å². The molecular formula is C11H12O4. The van der Waals surface area contributed by atoms with Crippen molar-refractivity contribution in [2.45, 2.75) is 13.0 Å². The average Bonchev–Trinajstić information content (AvgIpc) is 2.19. The topological polar surface area (TPSA) is 52.6 Å². The fraction of sp³-hybridized carbons (Fsp3) is 0.273. The van der Waals surface area contributed by atoms with Crippen LogP contribution in [0, 0.1) is 0 Å². The molecule has 0 bridgehead atoms. The number of rotatable bonds is 3. The summed E-state index contributed by atoms with van der Waals surface area (Å²) in [5.41, 5.74) is 0.659. The second-order valence-electron chi connectivity index (χ2n) is 2.94. The zero-order valence-corrected chi connectivity index (χ0v) is 8.60. The molecule has 0 aromatic heterocycles. The molecule has 1 rings (SSSR count). The zero-order chi connectivity index (χ0) is 11.3. The van der Waals surface area contributed by atoms with Gasteiger partial charge in [-0.05, 0) is 5.56 Å². The third-order valence-corrected chi connectivity index (χ3v) is 1.80. The molecule has 80 valence electrons. The van der Waals surface area contributed by atoms with Gasteiger partial charge in [0.15, 0.2) is 6.10 Å². The Hall–Kier alpha value is -1.68. The van der Waals surface area contributed by atoms with Crippen LogP contribution in [0.25, 0.3) is 0 Å². The Morgan fingerprint density at radius 2 is 1.80 bits per heavy atom. The predicted molar refractivity (Wildman–Crippen MR) is 53.0 cm³/mol. The standard InChI is InChI=1S/C11H12O4/c1-8(12)15-11(13)10(14-2)9-6-4-3-5-7-9/h3-7,10H,1-2H3. The number of methoxy groups -OCH3 is 1. The molecule has 0 aliphatic carbocycles. The van der Waals surface area contributed by atoms with E-state index >= 15 is 0 Å². The van der Waals surface area contributed by atoms with Crippen LogP contribution in [-0.4, -0.2) is 19.0 Å². The Morgan fingerprint density at radius 3 is 2.27 bits per heavy atom. The molecule has 0 heterocycles. The Morgan fingerprint density at radius 1 is 1.20 bits per heavy atom. The van der Waals surface area contributed by atoms with Crippen molar-refractivity contribution in [1.82, 2.24) is 0 Å². The summed E-state index contributed by atoms with van der Waals surface area (Å²) in [7, 11) is 1.39. The van der Waals surface area contributed by atoms with Crippen molar-refractivity contribution in [3.05, 3.63) is 35.9 Å². The molecule has 1 aromatic carbocycles. The van der Waals surface area contributed by atoms with Crippen molar-refractivity contribution in [3.63, 3.8) is 0 Å². The van der Waals surface area contributed by atoms with E-state index in [1.54, 1.807) is 24.3 Å². The Balaban J connectivity index is 2.80.